The third-order valence-corrected chi connectivity index (χ3v) is 11.3. The molecule has 0 aliphatic carbocycles. The average molecular weight is 714 g/mol. The fraction of sp³-hybridized carbons (Fsp3) is 0.400. The lowest BCUT2D eigenvalue weighted by Gasteiger charge is -2.39. The Morgan fingerprint density at radius 1 is 1.00 bits per heavy atom. The number of morpholine rings is 1. The summed E-state index contributed by atoms with van der Waals surface area (Å²) in [5.74, 6) is -1.16. The van der Waals surface area contributed by atoms with Gasteiger partial charge in [-0.05, 0) is 58.2 Å². The number of nitrogens with zero attached hydrogens (tertiary/aromatic N) is 2. The molecule has 49 heavy (non-hydrogen) atoms. The van der Waals surface area contributed by atoms with Gasteiger partial charge in [0.25, 0.3) is 5.91 Å². The molecule has 3 aromatic carbocycles. The number of nitrogens with one attached hydrogen (secondary N) is 1. The number of halogens is 2. The van der Waals surface area contributed by atoms with E-state index in [2.05, 4.69) is 5.32 Å². The number of rotatable bonds is 7. The van der Waals surface area contributed by atoms with Crippen LogP contribution in [0.5, 0.6) is 0 Å². The molecule has 10 nitrogen and oxygen atoms in total. The first-order valence-electron chi connectivity index (χ1n) is 16.0. The Morgan fingerprint density at radius 2 is 1.73 bits per heavy atom. The second kappa shape index (κ2) is 13.2. The monoisotopic (exact) mass is 713 g/mol. The molecule has 0 bridgehead atoms. The van der Waals surface area contributed by atoms with Crippen molar-refractivity contribution in [3.63, 3.8) is 0 Å². The number of amides is 3. The summed E-state index contributed by atoms with van der Waals surface area (Å²) in [7, 11) is -5.77. The van der Waals surface area contributed by atoms with Crippen molar-refractivity contribution in [2.75, 3.05) is 26.2 Å². The van der Waals surface area contributed by atoms with Gasteiger partial charge in [-0.25, -0.2) is 0 Å². The molecule has 2 saturated heterocycles. The normalized spacial score (nSPS) is 19.7. The molecule has 260 valence electrons. The van der Waals surface area contributed by atoms with Gasteiger partial charge < -0.3 is 29.6 Å². The number of benzene rings is 3. The molecule has 4 aromatic rings. The lowest BCUT2D eigenvalue weighted by molar-refractivity contribution is -0.150. The van der Waals surface area contributed by atoms with E-state index < -0.39 is 42.2 Å². The van der Waals surface area contributed by atoms with Crippen LogP contribution in [0.25, 0.3) is 20.9 Å². The van der Waals surface area contributed by atoms with Crippen LogP contribution in [0.1, 0.15) is 60.5 Å². The van der Waals surface area contributed by atoms with Gasteiger partial charge in [-0.2, -0.15) is 8.78 Å². The van der Waals surface area contributed by atoms with Gasteiger partial charge in [0.05, 0.1) is 18.0 Å². The van der Waals surface area contributed by atoms with Crippen LogP contribution >= 0.6 is 18.9 Å². The first-order valence-corrected chi connectivity index (χ1v) is 18.5. The fourth-order valence-electron chi connectivity index (χ4n) is 6.59. The molecule has 3 amide bonds. The maximum absolute atomic E-state index is 14.3. The number of ether oxygens (including phenoxy) is 1. The van der Waals surface area contributed by atoms with E-state index in [1.165, 1.54) is 12.1 Å². The smallest absolute Gasteiger partial charge is 0.370 e. The number of thiophene rings is 1. The third kappa shape index (κ3) is 6.87. The SMILES string of the molecule is CC(C)(C)[C@H](NC(=O)c1cc2cc(C(F)(F)P(=O)(O)O)ccc2s1)C(=O)N1CCC[C@H]1C(=O)N1CCOC(c2cccc3ccccc23)C1. The minimum Gasteiger partial charge on any atom is -0.370 e. The van der Waals surface area contributed by atoms with Crippen molar-refractivity contribution in [1.29, 1.82) is 0 Å². The van der Waals surface area contributed by atoms with Gasteiger partial charge in [0, 0.05) is 23.4 Å². The summed E-state index contributed by atoms with van der Waals surface area (Å²) >= 11 is 1.00. The molecule has 1 unspecified atom stereocenters. The van der Waals surface area contributed by atoms with E-state index in [4.69, 9.17) is 14.5 Å². The molecular formula is C35H38F2N3O7PS. The Bertz CT molecular complexity index is 1970. The fourth-order valence-corrected chi connectivity index (χ4v) is 8.02. The maximum atomic E-state index is 14.3. The number of hydrogen-bond acceptors (Lipinski definition) is 6. The first-order chi connectivity index (χ1) is 23.1. The van der Waals surface area contributed by atoms with Crippen molar-refractivity contribution in [3.05, 3.63) is 82.7 Å². The van der Waals surface area contributed by atoms with E-state index in [9.17, 15) is 27.7 Å². The van der Waals surface area contributed by atoms with E-state index in [0.29, 0.717) is 43.8 Å². The number of carbonyl (C=O) groups is 3. The summed E-state index contributed by atoms with van der Waals surface area (Å²) in [4.78, 5) is 63.4. The largest absolute Gasteiger partial charge is 0.399 e. The molecule has 2 fully saturated rings. The molecule has 3 heterocycles. The van der Waals surface area contributed by atoms with Crippen molar-refractivity contribution in [2.45, 2.75) is 57.5 Å². The average Bonchev–Trinajstić information content (AvgIpc) is 3.73. The first kappa shape index (κ1) is 35.1. The third-order valence-electron chi connectivity index (χ3n) is 9.21. The zero-order valence-electron chi connectivity index (χ0n) is 27.3. The molecule has 6 rings (SSSR count). The standard InChI is InChI=1S/C35H38F2N3O7PS/c1-34(2,3)30(38-31(41)29-19-22-18-23(13-14-28(22)49-29)35(36,37)48(44,45)46)33(43)40-15-7-12-26(40)32(42)39-16-17-47-27(20-39)25-11-6-9-21-8-4-5-10-24(21)25/h4-6,8-11,13-14,18-19,26-27,30H,7,12,15-17,20H2,1-3H3,(H,38,41)(H2,44,45,46)/t26-,27?,30+/m0/s1. The molecule has 3 N–H and O–H groups in total. The van der Waals surface area contributed by atoms with Crippen LogP contribution in [-0.4, -0.2) is 75.6 Å². The second-order valence-electron chi connectivity index (χ2n) is 13.6. The topological polar surface area (TPSA) is 136 Å². The number of fused-ring (bicyclic) bond motifs is 2. The summed E-state index contributed by atoms with van der Waals surface area (Å²) in [6, 6.07) is 16.8. The lowest BCUT2D eigenvalue weighted by atomic mass is 9.85. The van der Waals surface area contributed by atoms with E-state index >= 15 is 0 Å². The van der Waals surface area contributed by atoms with Crippen molar-refractivity contribution in [2.24, 2.45) is 5.41 Å². The molecular weight excluding hydrogens is 675 g/mol. The number of hydrogen-bond donors (Lipinski definition) is 3. The Hall–Kier alpha value is -3.74. The van der Waals surface area contributed by atoms with E-state index in [1.54, 1.807) is 30.6 Å². The van der Waals surface area contributed by atoms with Crippen molar-refractivity contribution in [3.8, 4) is 0 Å². The molecule has 0 saturated carbocycles. The molecule has 0 radical (unpaired) electrons. The summed E-state index contributed by atoms with van der Waals surface area (Å²) in [5.41, 5.74) is -5.01. The number of carbonyl (C=O) groups excluding carboxylic acids is 3. The Balaban J connectivity index is 1.19. The van der Waals surface area contributed by atoms with E-state index in [0.717, 1.165) is 39.8 Å². The van der Waals surface area contributed by atoms with Gasteiger partial charge in [0.15, 0.2) is 0 Å². The summed E-state index contributed by atoms with van der Waals surface area (Å²) in [6.45, 7) is 6.87. The molecule has 1 aromatic heterocycles. The summed E-state index contributed by atoms with van der Waals surface area (Å²) in [6.07, 6.45) is 0.794. The highest BCUT2D eigenvalue weighted by atomic mass is 32.1. The van der Waals surface area contributed by atoms with Gasteiger partial charge in [-0.15, -0.1) is 11.3 Å². The number of alkyl halides is 2. The van der Waals surface area contributed by atoms with Gasteiger partial charge >= 0.3 is 13.3 Å². The van der Waals surface area contributed by atoms with Crippen LogP contribution in [0.3, 0.4) is 0 Å². The quantitative estimate of drug-likeness (QED) is 0.200. The zero-order chi connectivity index (χ0) is 35.3. The highest BCUT2D eigenvalue weighted by Gasteiger charge is 2.50. The highest BCUT2D eigenvalue weighted by Crippen LogP contribution is 2.59. The molecule has 2 aliphatic heterocycles. The second-order valence-corrected chi connectivity index (χ2v) is 16.4. The molecule has 14 heteroatoms. The van der Waals surface area contributed by atoms with E-state index in [1.807, 2.05) is 42.5 Å². The highest BCUT2D eigenvalue weighted by molar-refractivity contribution is 7.52. The van der Waals surface area contributed by atoms with Crippen molar-refractivity contribution >= 4 is 57.5 Å². The van der Waals surface area contributed by atoms with Crippen LogP contribution in [0.2, 0.25) is 0 Å². The molecule has 2 aliphatic rings. The predicted octanol–water partition coefficient (Wildman–Crippen LogP) is 6.02. The van der Waals surface area contributed by atoms with Crippen LogP contribution in [-0.2, 0) is 24.6 Å². The van der Waals surface area contributed by atoms with Crippen molar-refractivity contribution < 1.29 is 42.3 Å². The van der Waals surface area contributed by atoms with Gasteiger partial charge in [-0.3, -0.25) is 18.9 Å². The van der Waals surface area contributed by atoms with Gasteiger partial charge in [0.1, 0.15) is 18.2 Å². The van der Waals surface area contributed by atoms with Crippen LogP contribution < -0.4 is 5.32 Å². The Labute approximate surface area is 286 Å². The van der Waals surface area contributed by atoms with E-state index in [-0.39, 0.29) is 28.2 Å². The minimum atomic E-state index is -5.77. The number of likely N-dealkylation sites (tertiary alicyclic amines) is 1. The summed E-state index contributed by atoms with van der Waals surface area (Å²) in [5, 5.41) is 5.17. The maximum Gasteiger partial charge on any atom is 0.399 e. The Kier molecular flexibility index (Phi) is 9.44. The minimum absolute atomic E-state index is 0.135. The molecule has 3 atom stereocenters. The van der Waals surface area contributed by atoms with Gasteiger partial charge in [0.2, 0.25) is 11.8 Å². The zero-order valence-corrected chi connectivity index (χ0v) is 29.0. The van der Waals surface area contributed by atoms with Crippen molar-refractivity contribution in [1.82, 2.24) is 15.1 Å². The predicted molar refractivity (Wildman–Crippen MR) is 182 cm³/mol. The Morgan fingerprint density at radius 3 is 2.47 bits per heavy atom. The lowest BCUT2D eigenvalue weighted by Crippen LogP contribution is -2.58. The van der Waals surface area contributed by atoms with Crippen LogP contribution in [0.4, 0.5) is 8.78 Å². The molecule has 0 spiro atoms. The van der Waals surface area contributed by atoms with Gasteiger partial charge in [-0.1, -0.05) is 69.3 Å². The van der Waals surface area contributed by atoms with Crippen LogP contribution in [0, 0.1) is 5.41 Å². The summed E-state index contributed by atoms with van der Waals surface area (Å²) < 4.78 is 46.6. The van der Waals surface area contributed by atoms with Crippen LogP contribution in [0.15, 0.2) is 66.7 Å².